The smallest absolute Gasteiger partial charge is 0.167 e. The molecule has 0 aromatic heterocycles. The van der Waals surface area contributed by atoms with Crippen LogP contribution in [0.5, 0.6) is 5.75 Å². The van der Waals surface area contributed by atoms with Crippen molar-refractivity contribution in [2.24, 2.45) is 0 Å². The van der Waals surface area contributed by atoms with E-state index in [9.17, 15) is 4.39 Å². The molecule has 0 radical (unpaired) electrons. The van der Waals surface area contributed by atoms with Crippen LogP contribution < -0.4 is 15.4 Å². The van der Waals surface area contributed by atoms with E-state index in [-0.39, 0.29) is 5.75 Å². The van der Waals surface area contributed by atoms with Crippen LogP contribution in [0.2, 0.25) is 0 Å². The molecule has 0 atom stereocenters. The van der Waals surface area contributed by atoms with Crippen molar-refractivity contribution in [2.45, 2.75) is 0 Å². The number of nitrogen functional groups attached to an aromatic ring is 1. The van der Waals surface area contributed by atoms with Gasteiger partial charge in [0.2, 0.25) is 0 Å². The van der Waals surface area contributed by atoms with Gasteiger partial charge in [0.1, 0.15) is 0 Å². The fourth-order valence-electron chi connectivity index (χ4n) is 1.39. The summed E-state index contributed by atoms with van der Waals surface area (Å²) in [4.78, 5) is 1.89. The highest BCUT2D eigenvalue weighted by Crippen LogP contribution is 2.30. The number of anilines is 2. The van der Waals surface area contributed by atoms with Gasteiger partial charge < -0.3 is 20.1 Å². The molecule has 2 N–H and O–H groups in total. The number of hydrogen-bond acceptors (Lipinski definition) is 4. The third-order valence-electron chi connectivity index (χ3n) is 2.34. The van der Waals surface area contributed by atoms with Gasteiger partial charge >= 0.3 is 0 Å². The number of ether oxygens (including phenoxy) is 2. The predicted octanol–water partition coefficient (Wildman–Crippen LogP) is 1.50. The van der Waals surface area contributed by atoms with E-state index in [1.165, 1.54) is 13.2 Å². The van der Waals surface area contributed by atoms with Crippen molar-refractivity contribution in [3.8, 4) is 5.75 Å². The minimum atomic E-state index is -0.455. The second kappa shape index (κ2) is 5.55. The van der Waals surface area contributed by atoms with Crippen molar-refractivity contribution in [3.05, 3.63) is 17.9 Å². The van der Waals surface area contributed by atoms with E-state index in [0.717, 1.165) is 5.69 Å². The summed E-state index contributed by atoms with van der Waals surface area (Å²) in [6, 6.07) is 2.85. The number of halogens is 1. The predicted molar refractivity (Wildman–Crippen MR) is 62.5 cm³/mol. The van der Waals surface area contributed by atoms with Crippen LogP contribution in [0.4, 0.5) is 15.8 Å². The maximum Gasteiger partial charge on any atom is 0.167 e. The topological polar surface area (TPSA) is 47.7 Å². The number of nitrogens with two attached hydrogens (primary N) is 1. The monoisotopic (exact) mass is 228 g/mol. The zero-order valence-electron chi connectivity index (χ0n) is 9.79. The highest BCUT2D eigenvalue weighted by atomic mass is 19.1. The Hall–Kier alpha value is -1.49. The molecule has 5 heteroatoms. The van der Waals surface area contributed by atoms with Crippen molar-refractivity contribution in [1.29, 1.82) is 0 Å². The van der Waals surface area contributed by atoms with Gasteiger partial charge in [-0.3, -0.25) is 0 Å². The fraction of sp³-hybridized carbons (Fsp3) is 0.455. The fourth-order valence-corrected chi connectivity index (χ4v) is 1.39. The summed E-state index contributed by atoms with van der Waals surface area (Å²) in [7, 11) is 4.91. The lowest BCUT2D eigenvalue weighted by Crippen LogP contribution is -2.23. The van der Waals surface area contributed by atoms with Crippen molar-refractivity contribution >= 4 is 11.4 Å². The average Bonchev–Trinajstić information content (AvgIpc) is 2.26. The van der Waals surface area contributed by atoms with E-state index in [1.807, 2.05) is 11.9 Å². The molecular weight excluding hydrogens is 211 g/mol. The van der Waals surface area contributed by atoms with Crippen LogP contribution in [0.25, 0.3) is 0 Å². The van der Waals surface area contributed by atoms with Crippen LogP contribution in [-0.4, -0.2) is 34.4 Å². The number of rotatable bonds is 5. The van der Waals surface area contributed by atoms with Crippen LogP contribution in [0, 0.1) is 5.82 Å². The quantitative estimate of drug-likeness (QED) is 0.776. The van der Waals surface area contributed by atoms with Crippen LogP contribution in [0.1, 0.15) is 0 Å². The van der Waals surface area contributed by atoms with Crippen LogP contribution in [-0.2, 0) is 4.74 Å². The van der Waals surface area contributed by atoms with E-state index in [1.54, 1.807) is 13.2 Å². The zero-order chi connectivity index (χ0) is 12.1. The molecule has 0 saturated heterocycles. The largest absolute Gasteiger partial charge is 0.494 e. The first-order chi connectivity index (χ1) is 7.60. The minimum absolute atomic E-state index is 0.188. The molecule has 0 heterocycles. The molecule has 1 rings (SSSR count). The second-order valence-corrected chi connectivity index (χ2v) is 3.46. The molecule has 90 valence electrons. The Balaban J connectivity index is 2.94. The van der Waals surface area contributed by atoms with Crippen molar-refractivity contribution in [3.63, 3.8) is 0 Å². The minimum Gasteiger partial charge on any atom is -0.494 e. The summed E-state index contributed by atoms with van der Waals surface area (Å²) in [5.41, 5.74) is 6.86. The lowest BCUT2D eigenvalue weighted by atomic mass is 10.2. The van der Waals surface area contributed by atoms with E-state index < -0.39 is 5.82 Å². The molecule has 0 fully saturated rings. The number of benzene rings is 1. The van der Waals surface area contributed by atoms with Crippen LogP contribution in [0.15, 0.2) is 12.1 Å². The zero-order valence-corrected chi connectivity index (χ0v) is 9.79. The third kappa shape index (κ3) is 2.76. The summed E-state index contributed by atoms with van der Waals surface area (Å²) in [6.07, 6.45) is 0. The van der Waals surface area contributed by atoms with Gasteiger partial charge in [0.15, 0.2) is 11.6 Å². The number of nitrogens with zero attached hydrogens (tertiary/aromatic N) is 1. The molecule has 1 aromatic rings. The van der Waals surface area contributed by atoms with E-state index in [2.05, 4.69) is 0 Å². The van der Waals surface area contributed by atoms with Gasteiger partial charge in [0.05, 0.1) is 25.1 Å². The molecule has 0 saturated carbocycles. The van der Waals surface area contributed by atoms with E-state index in [0.29, 0.717) is 18.8 Å². The molecule has 0 spiro atoms. The summed E-state index contributed by atoms with van der Waals surface area (Å²) in [5.74, 6) is -0.266. The Kier molecular flexibility index (Phi) is 4.37. The second-order valence-electron chi connectivity index (χ2n) is 3.46. The van der Waals surface area contributed by atoms with Gasteiger partial charge in [0.25, 0.3) is 0 Å². The Labute approximate surface area is 94.7 Å². The summed E-state index contributed by atoms with van der Waals surface area (Å²) < 4.78 is 23.2. The highest BCUT2D eigenvalue weighted by molar-refractivity contribution is 5.69. The maximum atomic E-state index is 13.3. The first-order valence-electron chi connectivity index (χ1n) is 4.93. The SMILES string of the molecule is COCCN(C)c1cc(OC)c(F)cc1N. The van der Waals surface area contributed by atoms with E-state index >= 15 is 0 Å². The molecule has 0 aliphatic heterocycles. The van der Waals surface area contributed by atoms with Crippen molar-refractivity contribution in [2.75, 3.05) is 45.1 Å². The molecule has 0 aliphatic carbocycles. The normalized spacial score (nSPS) is 10.2. The Morgan fingerprint density at radius 1 is 1.38 bits per heavy atom. The van der Waals surface area contributed by atoms with Crippen LogP contribution >= 0.6 is 0 Å². The van der Waals surface area contributed by atoms with Gasteiger partial charge in [-0.1, -0.05) is 0 Å². The number of likely N-dealkylation sites (N-methyl/N-ethyl adjacent to an activating group) is 1. The average molecular weight is 228 g/mol. The third-order valence-corrected chi connectivity index (χ3v) is 2.34. The molecule has 16 heavy (non-hydrogen) atoms. The highest BCUT2D eigenvalue weighted by Gasteiger charge is 2.11. The van der Waals surface area contributed by atoms with Gasteiger partial charge in [-0.05, 0) is 0 Å². The standard InChI is InChI=1S/C11H17FN2O2/c1-14(4-5-15-2)10-7-11(16-3)8(12)6-9(10)13/h6-7H,4-5,13H2,1-3H3. The Bertz CT molecular complexity index is 358. The van der Waals surface area contributed by atoms with E-state index in [4.69, 9.17) is 15.2 Å². The molecular formula is C11H17FN2O2. The van der Waals surface area contributed by atoms with Gasteiger partial charge in [0, 0.05) is 32.8 Å². The van der Waals surface area contributed by atoms with Gasteiger partial charge in [-0.2, -0.15) is 0 Å². The van der Waals surface area contributed by atoms with Gasteiger partial charge in [-0.15, -0.1) is 0 Å². The molecule has 0 amide bonds. The first kappa shape index (κ1) is 12.6. The number of hydrogen-bond donors (Lipinski definition) is 1. The summed E-state index contributed by atoms with van der Waals surface area (Å²) in [5, 5.41) is 0. The first-order valence-corrected chi connectivity index (χ1v) is 4.93. The molecule has 4 nitrogen and oxygen atoms in total. The van der Waals surface area contributed by atoms with Crippen molar-refractivity contribution in [1.82, 2.24) is 0 Å². The Morgan fingerprint density at radius 2 is 2.06 bits per heavy atom. The summed E-state index contributed by atoms with van der Waals surface area (Å²) in [6.45, 7) is 1.26. The maximum absolute atomic E-state index is 13.3. The molecule has 0 unspecified atom stereocenters. The van der Waals surface area contributed by atoms with Gasteiger partial charge in [-0.25, -0.2) is 4.39 Å². The lowest BCUT2D eigenvalue weighted by molar-refractivity contribution is 0.206. The van der Waals surface area contributed by atoms with Crippen LogP contribution in [0.3, 0.4) is 0 Å². The number of methoxy groups -OCH3 is 2. The summed E-state index contributed by atoms with van der Waals surface area (Å²) >= 11 is 0. The van der Waals surface area contributed by atoms with Crippen molar-refractivity contribution < 1.29 is 13.9 Å². The molecule has 1 aromatic carbocycles. The lowest BCUT2D eigenvalue weighted by Gasteiger charge is -2.21. The molecule has 0 aliphatic rings. The molecule has 0 bridgehead atoms. The Morgan fingerprint density at radius 3 is 2.62 bits per heavy atom.